The molecule has 0 unspecified atom stereocenters. The van der Waals surface area contributed by atoms with Crippen LogP contribution >= 0.6 is 0 Å². The smallest absolute Gasteiger partial charge is 0.00248 e. The summed E-state index contributed by atoms with van der Waals surface area (Å²) in [6.07, 6.45) is 4.05. The van der Waals surface area contributed by atoms with E-state index in [0.29, 0.717) is 0 Å². The van der Waals surface area contributed by atoms with E-state index in [-0.39, 0.29) is 6.15 Å². The van der Waals surface area contributed by atoms with E-state index in [2.05, 4.69) is 25.9 Å². The lowest BCUT2D eigenvalue weighted by atomic mass is 10.2. The summed E-state index contributed by atoms with van der Waals surface area (Å²) in [5.74, 6) is 0. The van der Waals surface area contributed by atoms with Gasteiger partial charge in [0.2, 0.25) is 0 Å². The predicted molar refractivity (Wildman–Crippen MR) is 43.1 cm³/mol. The van der Waals surface area contributed by atoms with E-state index in [9.17, 15) is 0 Å². The molecule has 2 heteroatoms. The van der Waals surface area contributed by atoms with Crippen molar-refractivity contribution in [2.24, 2.45) is 0 Å². The van der Waals surface area contributed by atoms with Crippen molar-refractivity contribution in [3.8, 4) is 0 Å². The van der Waals surface area contributed by atoms with Crippen molar-refractivity contribution >= 4 is 0 Å². The van der Waals surface area contributed by atoms with E-state index >= 15 is 0 Å². The number of rotatable bonds is 4. The van der Waals surface area contributed by atoms with Crippen LogP contribution in [0.15, 0.2) is 0 Å². The van der Waals surface area contributed by atoms with Gasteiger partial charge in [0.1, 0.15) is 0 Å². The van der Waals surface area contributed by atoms with Crippen LogP contribution in [0.5, 0.6) is 0 Å². The number of unbranched alkanes of at least 4 members (excludes halogenated alkanes) is 2. The average molecular weight is 132 g/mol. The maximum absolute atomic E-state index is 2.23. The Hall–Kier alpha value is -0.0800. The van der Waals surface area contributed by atoms with E-state index in [1.165, 1.54) is 25.8 Å². The summed E-state index contributed by atoms with van der Waals surface area (Å²) in [5, 5.41) is 0. The summed E-state index contributed by atoms with van der Waals surface area (Å²) in [7, 11) is 4.24. The summed E-state index contributed by atoms with van der Waals surface area (Å²) in [5.41, 5.74) is 0. The van der Waals surface area contributed by atoms with Crippen molar-refractivity contribution in [3.05, 3.63) is 0 Å². The molecular weight excluding hydrogens is 112 g/mol. The number of nitrogens with zero attached hydrogens (tertiary/aromatic N) is 1. The third-order valence-electron chi connectivity index (χ3n) is 1.21. The summed E-state index contributed by atoms with van der Waals surface area (Å²) in [6.45, 7) is 3.48. The van der Waals surface area contributed by atoms with Crippen LogP contribution in [0.4, 0.5) is 0 Å². The van der Waals surface area contributed by atoms with Gasteiger partial charge in [0, 0.05) is 0 Å². The molecule has 0 saturated carbocycles. The normalized spacial score (nSPS) is 9.33. The first-order valence-corrected chi connectivity index (χ1v) is 3.42. The van der Waals surface area contributed by atoms with Crippen LogP contribution in [0.2, 0.25) is 0 Å². The second-order valence-electron chi connectivity index (χ2n) is 2.51. The fourth-order valence-electron chi connectivity index (χ4n) is 0.678. The molecular formula is C7H20N2. The van der Waals surface area contributed by atoms with Crippen molar-refractivity contribution in [2.45, 2.75) is 26.2 Å². The maximum atomic E-state index is 2.23. The molecule has 0 aliphatic carbocycles. The largest absolute Gasteiger partial charge is 0.344 e. The number of hydrogen-bond acceptors (Lipinski definition) is 2. The molecule has 0 fully saturated rings. The third kappa shape index (κ3) is 11.5. The first-order valence-electron chi connectivity index (χ1n) is 3.42. The highest BCUT2D eigenvalue weighted by molar-refractivity contribution is 4.42. The van der Waals surface area contributed by atoms with Crippen LogP contribution < -0.4 is 6.15 Å². The lowest BCUT2D eigenvalue weighted by Crippen LogP contribution is -2.12. The first-order chi connectivity index (χ1) is 3.77. The van der Waals surface area contributed by atoms with Gasteiger partial charge >= 0.3 is 0 Å². The van der Waals surface area contributed by atoms with Crippen LogP contribution in [0.3, 0.4) is 0 Å². The molecule has 3 N–H and O–H groups in total. The summed E-state index contributed by atoms with van der Waals surface area (Å²) in [4.78, 5) is 2.23. The lowest BCUT2D eigenvalue weighted by Gasteiger charge is -2.06. The van der Waals surface area contributed by atoms with Gasteiger partial charge in [-0.15, -0.1) is 0 Å². The zero-order chi connectivity index (χ0) is 6.41. The maximum Gasteiger partial charge on any atom is -0.00248 e. The Bertz CT molecular complexity index is 44.2. The van der Waals surface area contributed by atoms with Crippen LogP contribution in [0.25, 0.3) is 0 Å². The topological polar surface area (TPSA) is 38.2 Å². The molecule has 2 nitrogen and oxygen atoms in total. The van der Waals surface area contributed by atoms with E-state index in [1.807, 2.05) is 0 Å². The zero-order valence-electron chi connectivity index (χ0n) is 6.98. The Morgan fingerprint density at radius 2 is 1.67 bits per heavy atom. The summed E-state index contributed by atoms with van der Waals surface area (Å²) >= 11 is 0. The molecule has 0 rings (SSSR count). The first kappa shape index (κ1) is 11.7. The van der Waals surface area contributed by atoms with Crippen LogP contribution in [-0.2, 0) is 0 Å². The molecule has 0 aromatic rings. The van der Waals surface area contributed by atoms with Crippen LogP contribution in [0, 0.1) is 0 Å². The minimum Gasteiger partial charge on any atom is -0.344 e. The molecule has 0 atom stereocenters. The highest BCUT2D eigenvalue weighted by Crippen LogP contribution is 1.93. The van der Waals surface area contributed by atoms with Gasteiger partial charge in [0.15, 0.2) is 0 Å². The van der Waals surface area contributed by atoms with Crippen molar-refractivity contribution in [1.82, 2.24) is 11.1 Å². The third-order valence-corrected chi connectivity index (χ3v) is 1.21. The van der Waals surface area contributed by atoms with Crippen molar-refractivity contribution in [3.63, 3.8) is 0 Å². The second-order valence-corrected chi connectivity index (χ2v) is 2.51. The molecule has 0 aromatic carbocycles. The van der Waals surface area contributed by atoms with E-state index < -0.39 is 0 Å². The summed E-state index contributed by atoms with van der Waals surface area (Å²) in [6, 6.07) is 0. The molecule has 0 bridgehead atoms. The fourth-order valence-corrected chi connectivity index (χ4v) is 0.678. The van der Waals surface area contributed by atoms with Crippen molar-refractivity contribution in [2.75, 3.05) is 20.6 Å². The highest BCUT2D eigenvalue weighted by atomic mass is 15.0. The molecule has 0 aliphatic rings. The average Bonchev–Trinajstić information content (AvgIpc) is 1.66. The Balaban J connectivity index is 0. The lowest BCUT2D eigenvalue weighted by molar-refractivity contribution is 0.393. The Morgan fingerprint density at radius 3 is 2.00 bits per heavy atom. The van der Waals surface area contributed by atoms with Gasteiger partial charge in [-0.05, 0) is 27.1 Å². The van der Waals surface area contributed by atoms with E-state index in [4.69, 9.17) is 0 Å². The fraction of sp³-hybridized carbons (Fsp3) is 1.00. The van der Waals surface area contributed by atoms with E-state index in [0.717, 1.165) is 0 Å². The van der Waals surface area contributed by atoms with Gasteiger partial charge in [-0.25, -0.2) is 0 Å². The van der Waals surface area contributed by atoms with Crippen molar-refractivity contribution in [1.29, 1.82) is 0 Å². The van der Waals surface area contributed by atoms with Gasteiger partial charge in [0.05, 0.1) is 0 Å². The van der Waals surface area contributed by atoms with Crippen molar-refractivity contribution < 1.29 is 0 Å². The van der Waals surface area contributed by atoms with Gasteiger partial charge < -0.3 is 11.1 Å². The van der Waals surface area contributed by atoms with Gasteiger partial charge in [-0.3, -0.25) is 0 Å². The molecule has 0 radical (unpaired) electrons. The molecule has 0 aliphatic heterocycles. The molecule has 58 valence electrons. The van der Waals surface area contributed by atoms with Gasteiger partial charge in [-0.2, -0.15) is 0 Å². The van der Waals surface area contributed by atoms with Gasteiger partial charge in [0.25, 0.3) is 0 Å². The molecule has 0 spiro atoms. The Kier molecular flexibility index (Phi) is 10.3. The SMILES string of the molecule is CCCCCN(C)C.N. The minimum absolute atomic E-state index is 0. The molecule has 0 saturated heterocycles. The Morgan fingerprint density at radius 1 is 1.11 bits per heavy atom. The van der Waals surface area contributed by atoms with Crippen LogP contribution in [-0.4, -0.2) is 25.5 Å². The van der Waals surface area contributed by atoms with Gasteiger partial charge in [-0.1, -0.05) is 19.8 Å². The molecule has 0 aromatic heterocycles. The minimum atomic E-state index is 0. The quantitative estimate of drug-likeness (QED) is 0.593. The Labute approximate surface area is 58.8 Å². The van der Waals surface area contributed by atoms with Crippen LogP contribution in [0.1, 0.15) is 26.2 Å². The second kappa shape index (κ2) is 7.92. The highest BCUT2D eigenvalue weighted by Gasteiger charge is 1.86. The molecule has 9 heavy (non-hydrogen) atoms. The number of hydrogen-bond donors (Lipinski definition) is 1. The monoisotopic (exact) mass is 132 g/mol. The summed E-state index contributed by atoms with van der Waals surface area (Å²) < 4.78 is 0. The molecule has 0 amide bonds. The zero-order valence-corrected chi connectivity index (χ0v) is 6.98. The standard InChI is InChI=1S/C7H17N.H3N/c1-4-5-6-7-8(2)3;/h4-7H2,1-3H3;1H3. The molecule has 0 heterocycles. The van der Waals surface area contributed by atoms with E-state index in [1.54, 1.807) is 0 Å². The predicted octanol–water partition coefficient (Wildman–Crippen LogP) is 1.90.